The molecule has 17 heavy (non-hydrogen) atoms. The summed E-state index contributed by atoms with van der Waals surface area (Å²) in [5.41, 5.74) is 2.27. The van der Waals surface area contributed by atoms with Crippen molar-refractivity contribution >= 4 is 11.0 Å². The normalized spacial score (nSPS) is 11.5. The van der Waals surface area contributed by atoms with E-state index in [9.17, 15) is 0 Å². The van der Waals surface area contributed by atoms with E-state index in [0.717, 1.165) is 24.3 Å². The van der Waals surface area contributed by atoms with Crippen LogP contribution in [0.1, 0.15) is 26.1 Å². The summed E-state index contributed by atoms with van der Waals surface area (Å²) in [6, 6.07) is 8.27. The van der Waals surface area contributed by atoms with E-state index in [-0.39, 0.29) is 0 Å². The molecule has 0 unspecified atom stereocenters. The van der Waals surface area contributed by atoms with Crippen molar-refractivity contribution in [3.8, 4) is 0 Å². The SMILES string of the molecule is COCc1nc2ccccc2n1CCC(C)C. The summed E-state index contributed by atoms with van der Waals surface area (Å²) in [5.74, 6) is 1.72. The number of rotatable bonds is 5. The second-order valence-corrected chi connectivity index (χ2v) is 4.78. The van der Waals surface area contributed by atoms with Crippen molar-refractivity contribution in [2.24, 2.45) is 5.92 Å². The quantitative estimate of drug-likeness (QED) is 0.791. The highest BCUT2D eigenvalue weighted by Crippen LogP contribution is 2.18. The minimum absolute atomic E-state index is 0.576. The van der Waals surface area contributed by atoms with Gasteiger partial charge in [-0.3, -0.25) is 0 Å². The zero-order valence-corrected chi connectivity index (χ0v) is 10.8. The van der Waals surface area contributed by atoms with E-state index in [1.54, 1.807) is 7.11 Å². The lowest BCUT2D eigenvalue weighted by molar-refractivity contribution is 0.174. The van der Waals surface area contributed by atoms with Crippen LogP contribution in [-0.4, -0.2) is 16.7 Å². The van der Waals surface area contributed by atoms with E-state index in [0.29, 0.717) is 12.5 Å². The number of methoxy groups -OCH3 is 1. The lowest BCUT2D eigenvalue weighted by Gasteiger charge is -2.10. The molecule has 0 spiro atoms. The predicted octanol–water partition coefficient (Wildman–Crippen LogP) is 3.23. The van der Waals surface area contributed by atoms with Crippen LogP contribution in [-0.2, 0) is 17.9 Å². The van der Waals surface area contributed by atoms with Gasteiger partial charge in [0.1, 0.15) is 12.4 Å². The Morgan fingerprint density at radius 2 is 2.06 bits per heavy atom. The number of hydrogen-bond donors (Lipinski definition) is 0. The van der Waals surface area contributed by atoms with E-state index >= 15 is 0 Å². The van der Waals surface area contributed by atoms with Crippen LogP contribution in [0.3, 0.4) is 0 Å². The first kappa shape index (κ1) is 12.1. The zero-order chi connectivity index (χ0) is 12.3. The number of hydrogen-bond acceptors (Lipinski definition) is 2. The van der Waals surface area contributed by atoms with Crippen molar-refractivity contribution in [3.63, 3.8) is 0 Å². The average molecular weight is 232 g/mol. The second kappa shape index (κ2) is 5.32. The predicted molar refractivity (Wildman–Crippen MR) is 69.9 cm³/mol. The van der Waals surface area contributed by atoms with E-state index in [2.05, 4.69) is 41.6 Å². The smallest absolute Gasteiger partial charge is 0.135 e. The summed E-state index contributed by atoms with van der Waals surface area (Å²) in [6.07, 6.45) is 1.16. The van der Waals surface area contributed by atoms with Crippen LogP contribution < -0.4 is 0 Å². The molecule has 3 heteroatoms. The molecule has 92 valence electrons. The van der Waals surface area contributed by atoms with E-state index in [4.69, 9.17) is 4.74 Å². The Morgan fingerprint density at radius 3 is 2.76 bits per heavy atom. The molecule has 0 N–H and O–H groups in total. The molecule has 2 rings (SSSR count). The maximum absolute atomic E-state index is 5.22. The number of para-hydroxylation sites is 2. The topological polar surface area (TPSA) is 27.1 Å². The van der Waals surface area contributed by atoms with Crippen molar-refractivity contribution in [2.45, 2.75) is 33.4 Å². The summed E-state index contributed by atoms with van der Waals surface area (Å²) in [6.45, 7) is 6.08. The van der Waals surface area contributed by atoms with Gasteiger partial charge in [0.05, 0.1) is 11.0 Å². The molecule has 0 aliphatic heterocycles. The van der Waals surface area contributed by atoms with Crippen molar-refractivity contribution in [1.29, 1.82) is 0 Å². The summed E-state index contributed by atoms with van der Waals surface area (Å²) < 4.78 is 7.50. The first-order valence-electron chi connectivity index (χ1n) is 6.15. The van der Waals surface area contributed by atoms with Crippen molar-refractivity contribution in [2.75, 3.05) is 7.11 Å². The minimum Gasteiger partial charge on any atom is -0.377 e. The molecular formula is C14H20N2O. The lowest BCUT2D eigenvalue weighted by atomic mass is 10.1. The Morgan fingerprint density at radius 1 is 1.29 bits per heavy atom. The molecule has 2 aromatic rings. The molecule has 1 aromatic carbocycles. The van der Waals surface area contributed by atoms with Crippen LogP contribution in [0.15, 0.2) is 24.3 Å². The molecule has 1 heterocycles. The molecule has 0 bridgehead atoms. The third-order valence-electron chi connectivity index (χ3n) is 2.94. The van der Waals surface area contributed by atoms with Crippen LogP contribution in [0.2, 0.25) is 0 Å². The van der Waals surface area contributed by atoms with Gasteiger partial charge in [0, 0.05) is 13.7 Å². The molecule has 0 saturated heterocycles. The number of aryl methyl sites for hydroxylation is 1. The van der Waals surface area contributed by atoms with Gasteiger partial charge < -0.3 is 9.30 Å². The largest absolute Gasteiger partial charge is 0.377 e. The highest BCUT2D eigenvalue weighted by Gasteiger charge is 2.10. The fourth-order valence-corrected chi connectivity index (χ4v) is 2.00. The van der Waals surface area contributed by atoms with Gasteiger partial charge in [-0.2, -0.15) is 0 Å². The zero-order valence-electron chi connectivity index (χ0n) is 10.8. The Hall–Kier alpha value is -1.35. The molecule has 3 nitrogen and oxygen atoms in total. The number of imidazole rings is 1. The summed E-state index contributed by atoms with van der Waals surface area (Å²) in [7, 11) is 1.71. The van der Waals surface area contributed by atoms with Crippen LogP contribution in [0.4, 0.5) is 0 Å². The van der Waals surface area contributed by atoms with Crippen LogP contribution >= 0.6 is 0 Å². The molecule has 0 amide bonds. The van der Waals surface area contributed by atoms with E-state index in [1.165, 1.54) is 5.52 Å². The number of fused-ring (bicyclic) bond motifs is 1. The van der Waals surface area contributed by atoms with E-state index < -0.39 is 0 Å². The van der Waals surface area contributed by atoms with Gasteiger partial charge in [-0.05, 0) is 24.5 Å². The lowest BCUT2D eigenvalue weighted by Crippen LogP contribution is -2.07. The van der Waals surface area contributed by atoms with Crippen LogP contribution in [0.25, 0.3) is 11.0 Å². The molecule has 0 aliphatic carbocycles. The third-order valence-corrected chi connectivity index (χ3v) is 2.94. The fraction of sp³-hybridized carbons (Fsp3) is 0.500. The van der Waals surface area contributed by atoms with Crippen molar-refractivity contribution in [3.05, 3.63) is 30.1 Å². The Balaban J connectivity index is 2.37. The first-order chi connectivity index (χ1) is 8.22. The Kier molecular flexibility index (Phi) is 3.79. The number of ether oxygens (including phenoxy) is 1. The van der Waals surface area contributed by atoms with Crippen LogP contribution in [0.5, 0.6) is 0 Å². The summed E-state index contributed by atoms with van der Waals surface area (Å²) in [5, 5.41) is 0. The molecular weight excluding hydrogens is 212 g/mol. The number of benzene rings is 1. The summed E-state index contributed by atoms with van der Waals surface area (Å²) in [4.78, 5) is 4.62. The molecule has 0 atom stereocenters. The van der Waals surface area contributed by atoms with Gasteiger partial charge in [-0.1, -0.05) is 26.0 Å². The third kappa shape index (κ3) is 2.67. The fourth-order valence-electron chi connectivity index (χ4n) is 2.00. The van der Waals surface area contributed by atoms with Gasteiger partial charge in [-0.25, -0.2) is 4.98 Å². The monoisotopic (exact) mass is 232 g/mol. The summed E-state index contributed by atoms with van der Waals surface area (Å²) >= 11 is 0. The molecule has 0 saturated carbocycles. The number of aromatic nitrogens is 2. The molecule has 1 aromatic heterocycles. The minimum atomic E-state index is 0.576. The van der Waals surface area contributed by atoms with Gasteiger partial charge in [0.2, 0.25) is 0 Å². The van der Waals surface area contributed by atoms with Gasteiger partial charge in [0.15, 0.2) is 0 Å². The first-order valence-corrected chi connectivity index (χ1v) is 6.15. The van der Waals surface area contributed by atoms with Gasteiger partial charge >= 0.3 is 0 Å². The van der Waals surface area contributed by atoms with Gasteiger partial charge in [-0.15, -0.1) is 0 Å². The molecule has 0 fully saturated rings. The standard InChI is InChI=1S/C14H20N2O/c1-11(2)8-9-16-13-7-5-4-6-12(13)15-14(16)10-17-3/h4-7,11H,8-10H2,1-3H3. The Labute approximate surface area is 102 Å². The van der Waals surface area contributed by atoms with E-state index in [1.807, 2.05) is 6.07 Å². The van der Waals surface area contributed by atoms with Crippen molar-refractivity contribution < 1.29 is 4.74 Å². The van der Waals surface area contributed by atoms with Crippen LogP contribution in [0, 0.1) is 5.92 Å². The second-order valence-electron chi connectivity index (χ2n) is 4.78. The highest BCUT2D eigenvalue weighted by atomic mass is 16.5. The highest BCUT2D eigenvalue weighted by molar-refractivity contribution is 5.75. The molecule has 0 aliphatic rings. The van der Waals surface area contributed by atoms with Crippen molar-refractivity contribution in [1.82, 2.24) is 9.55 Å². The van der Waals surface area contributed by atoms with Gasteiger partial charge in [0.25, 0.3) is 0 Å². The molecule has 0 radical (unpaired) electrons. The maximum Gasteiger partial charge on any atom is 0.135 e. The maximum atomic E-state index is 5.22. The Bertz CT molecular complexity index is 488. The number of nitrogens with zero attached hydrogens (tertiary/aromatic N) is 2. The average Bonchev–Trinajstić information content (AvgIpc) is 2.64.